The van der Waals surface area contributed by atoms with E-state index in [4.69, 9.17) is 0 Å². The van der Waals surface area contributed by atoms with E-state index in [2.05, 4.69) is 18.6 Å². The van der Waals surface area contributed by atoms with Crippen LogP contribution in [0.1, 0.15) is 117 Å². The minimum atomic E-state index is -4.32. The second kappa shape index (κ2) is 17.8. The maximum absolute atomic E-state index is 13.1. The normalized spacial score (nSPS) is 13.4. The Bertz CT molecular complexity index is 311. The van der Waals surface area contributed by atoms with E-state index in [1.165, 1.54) is 57.8 Å². The smallest absolute Gasteiger partial charge is 0.316 e. The third-order valence-electron chi connectivity index (χ3n) is 5.20. The van der Waals surface area contributed by atoms with Gasteiger partial charge in [-0.3, -0.25) is 0 Å². The average molecular weight is 399 g/mol. The average Bonchev–Trinajstić information content (AvgIpc) is 2.63. The van der Waals surface area contributed by atoms with E-state index in [1.54, 1.807) is 0 Å². The zero-order valence-electron chi connectivity index (χ0n) is 17.6. The molecule has 0 radical (unpaired) electrons. The highest BCUT2D eigenvalue weighted by Gasteiger charge is 2.42. The van der Waals surface area contributed by atoms with Gasteiger partial charge >= 0.3 is 12.5 Å². The molecule has 0 aliphatic rings. The summed E-state index contributed by atoms with van der Waals surface area (Å²) in [5, 5.41) is 0. The molecule has 0 aliphatic carbocycles. The van der Waals surface area contributed by atoms with Crippen LogP contribution in [-0.2, 0) is 4.74 Å². The molecule has 1 atom stereocenters. The zero-order valence-corrected chi connectivity index (χ0v) is 17.6. The maximum Gasteiger partial charge on any atom is 0.416 e. The molecule has 0 rings (SSSR count). The Kier molecular flexibility index (Phi) is 17.5. The van der Waals surface area contributed by atoms with Crippen LogP contribution in [0.15, 0.2) is 0 Å². The van der Waals surface area contributed by atoms with Crippen molar-refractivity contribution >= 4 is 0 Å². The number of ether oxygens (including phenoxy) is 1. The van der Waals surface area contributed by atoms with Crippen molar-refractivity contribution in [3.63, 3.8) is 0 Å². The summed E-state index contributed by atoms with van der Waals surface area (Å²) in [5.74, 6) is -0.0408. The Morgan fingerprint density at radius 2 is 1.00 bits per heavy atom. The number of rotatable bonds is 20. The van der Waals surface area contributed by atoms with E-state index in [1.807, 2.05) is 0 Å². The number of hydrogen-bond donors (Lipinski definition) is 0. The van der Waals surface area contributed by atoms with Crippen LogP contribution in [0.4, 0.5) is 17.6 Å². The first-order valence-corrected chi connectivity index (χ1v) is 11.2. The summed E-state index contributed by atoms with van der Waals surface area (Å²) in [6.45, 7) is 4.10. The summed E-state index contributed by atoms with van der Waals surface area (Å²) in [5.41, 5.74) is 0. The number of alkyl halides is 4. The second-order valence-electron chi connectivity index (χ2n) is 7.86. The molecule has 0 aromatic rings. The monoisotopic (exact) mass is 398 g/mol. The summed E-state index contributed by atoms with van der Waals surface area (Å²) < 4.78 is 55.0. The lowest BCUT2D eigenvalue weighted by Gasteiger charge is -2.21. The first-order chi connectivity index (χ1) is 12.9. The van der Waals surface area contributed by atoms with Gasteiger partial charge in [0.15, 0.2) is 0 Å². The third kappa shape index (κ3) is 16.3. The van der Waals surface area contributed by atoms with Crippen LogP contribution in [0.3, 0.4) is 0 Å². The fraction of sp³-hybridized carbons (Fsp3) is 1.00. The van der Waals surface area contributed by atoms with E-state index in [9.17, 15) is 17.6 Å². The van der Waals surface area contributed by atoms with Gasteiger partial charge in [0.1, 0.15) is 0 Å². The van der Waals surface area contributed by atoms with Crippen LogP contribution < -0.4 is 0 Å². The van der Waals surface area contributed by atoms with Crippen molar-refractivity contribution in [2.75, 3.05) is 6.61 Å². The first kappa shape index (κ1) is 26.7. The first-order valence-electron chi connectivity index (χ1n) is 11.2. The van der Waals surface area contributed by atoms with E-state index in [-0.39, 0.29) is 12.5 Å². The topological polar surface area (TPSA) is 9.23 Å². The molecule has 0 aromatic heterocycles. The van der Waals surface area contributed by atoms with Crippen LogP contribution in [-0.4, -0.2) is 19.1 Å². The van der Waals surface area contributed by atoms with Gasteiger partial charge in [-0.25, -0.2) is 8.78 Å². The van der Waals surface area contributed by atoms with E-state index in [0.29, 0.717) is 0 Å². The SMILES string of the molecule is CCCCCCCCCCC(CCCCCCCC)COC(F)(F)C(F)F. The van der Waals surface area contributed by atoms with Gasteiger partial charge in [0.2, 0.25) is 0 Å². The molecule has 1 nitrogen and oxygen atoms in total. The van der Waals surface area contributed by atoms with Crippen molar-refractivity contribution < 1.29 is 22.3 Å². The Morgan fingerprint density at radius 3 is 1.37 bits per heavy atom. The molecule has 0 heterocycles. The second-order valence-corrected chi connectivity index (χ2v) is 7.86. The van der Waals surface area contributed by atoms with Crippen molar-refractivity contribution in [2.24, 2.45) is 5.92 Å². The van der Waals surface area contributed by atoms with Gasteiger partial charge in [-0.1, -0.05) is 104 Å². The largest absolute Gasteiger partial charge is 0.416 e. The van der Waals surface area contributed by atoms with Crippen LogP contribution in [0.25, 0.3) is 0 Å². The molecular formula is C22H42F4O. The summed E-state index contributed by atoms with van der Waals surface area (Å²) in [6, 6.07) is 0. The minimum absolute atomic E-state index is 0.0408. The number of halogens is 4. The summed E-state index contributed by atoms with van der Waals surface area (Å²) in [4.78, 5) is 0. The lowest BCUT2D eigenvalue weighted by molar-refractivity contribution is -0.304. The predicted octanol–water partition coefficient (Wildman–Crippen LogP) is 8.76. The van der Waals surface area contributed by atoms with Crippen molar-refractivity contribution in [1.82, 2.24) is 0 Å². The summed E-state index contributed by atoms with van der Waals surface area (Å²) >= 11 is 0. The Hall–Kier alpha value is -0.320. The molecular weight excluding hydrogens is 356 g/mol. The lowest BCUT2D eigenvalue weighted by atomic mass is 9.94. The maximum atomic E-state index is 13.1. The lowest BCUT2D eigenvalue weighted by Crippen LogP contribution is -2.32. The Morgan fingerprint density at radius 1 is 0.630 bits per heavy atom. The van der Waals surface area contributed by atoms with Crippen molar-refractivity contribution in [3.05, 3.63) is 0 Å². The molecule has 27 heavy (non-hydrogen) atoms. The number of unbranched alkanes of at least 4 members (excludes halogenated alkanes) is 12. The van der Waals surface area contributed by atoms with Crippen LogP contribution >= 0.6 is 0 Å². The minimum Gasteiger partial charge on any atom is -0.316 e. The molecule has 0 bridgehead atoms. The van der Waals surface area contributed by atoms with Gasteiger partial charge in [0.05, 0.1) is 6.61 Å². The summed E-state index contributed by atoms with van der Waals surface area (Å²) in [7, 11) is 0. The standard InChI is InChI=1S/C22H42F4O/c1-3-5-7-9-11-12-14-16-18-20(17-15-13-10-8-6-4-2)19-27-22(25,26)21(23)24/h20-21H,3-19H2,1-2H3. The summed E-state index contributed by atoms with van der Waals surface area (Å²) in [6.07, 6.45) is 9.87. The quantitative estimate of drug-likeness (QED) is 0.147. The Balaban J connectivity index is 4.04. The van der Waals surface area contributed by atoms with Crippen LogP contribution in [0.5, 0.6) is 0 Å². The van der Waals surface area contributed by atoms with Gasteiger partial charge in [0.25, 0.3) is 0 Å². The highest BCUT2D eigenvalue weighted by Crippen LogP contribution is 2.27. The van der Waals surface area contributed by atoms with Gasteiger partial charge in [-0.15, -0.1) is 0 Å². The van der Waals surface area contributed by atoms with E-state index in [0.717, 1.165) is 44.9 Å². The fourth-order valence-corrected chi connectivity index (χ4v) is 3.38. The molecule has 5 heteroatoms. The molecule has 0 amide bonds. The van der Waals surface area contributed by atoms with Crippen molar-refractivity contribution in [1.29, 1.82) is 0 Å². The third-order valence-corrected chi connectivity index (χ3v) is 5.20. The van der Waals surface area contributed by atoms with Crippen LogP contribution in [0.2, 0.25) is 0 Å². The molecule has 0 spiro atoms. The van der Waals surface area contributed by atoms with Gasteiger partial charge in [-0.2, -0.15) is 8.78 Å². The zero-order chi connectivity index (χ0) is 20.4. The predicted molar refractivity (Wildman–Crippen MR) is 106 cm³/mol. The fourth-order valence-electron chi connectivity index (χ4n) is 3.38. The molecule has 0 saturated heterocycles. The highest BCUT2D eigenvalue weighted by molar-refractivity contribution is 4.63. The van der Waals surface area contributed by atoms with Gasteiger partial charge in [0, 0.05) is 0 Å². The van der Waals surface area contributed by atoms with E-state index < -0.39 is 12.5 Å². The van der Waals surface area contributed by atoms with Crippen molar-refractivity contribution in [2.45, 2.75) is 129 Å². The van der Waals surface area contributed by atoms with Gasteiger partial charge < -0.3 is 4.74 Å². The molecule has 164 valence electrons. The molecule has 0 aliphatic heterocycles. The molecule has 0 fully saturated rings. The van der Waals surface area contributed by atoms with Crippen molar-refractivity contribution in [3.8, 4) is 0 Å². The molecule has 0 N–H and O–H groups in total. The van der Waals surface area contributed by atoms with Gasteiger partial charge in [-0.05, 0) is 18.8 Å². The number of hydrogen-bond acceptors (Lipinski definition) is 1. The Labute approximate surface area is 164 Å². The molecule has 0 saturated carbocycles. The molecule has 0 aromatic carbocycles. The highest BCUT2D eigenvalue weighted by atomic mass is 19.3. The molecule has 1 unspecified atom stereocenters. The van der Waals surface area contributed by atoms with E-state index >= 15 is 0 Å². The van der Waals surface area contributed by atoms with Crippen LogP contribution in [0, 0.1) is 5.92 Å².